The number of amides is 1. The Morgan fingerprint density at radius 1 is 1.07 bits per heavy atom. The van der Waals surface area contributed by atoms with Crippen molar-refractivity contribution >= 4 is 17.5 Å². The molecule has 2 aromatic heterocycles. The Bertz CT molecular complexity index is 1700. The Balaban J connectivity index is 1.53. The van der Waals surface area contributed by atoms with Gasteiger partial charge in [-0.1, -0.05) is 35.9 Å². The van der Waals surface area contributed by atoms with Gasteiger partial charge in [-0.2, -0.15) is 0 Å². The number of carbonyl (C=O) groups is 1. The summed E-state index contributed by atoms with van der Waals surface area (Å²) in [5.41, 5.74) is 3.12. The van der Waals surface area contributed by atoms with Gasteiger partial charge in [0.05, 0.1) is 16.9 Å². The molecule has 1 amide bonds. The van der Waals surface area contributed by atoms with E-state index in [0.717, 1.165) is 5.56 Å². The first-order chi connectivity index (χ1) is 19.0. The van der Waals surface area contributed by atoms with E-state index in [9.17, 15) is 18.4 Å². The van der Waals surface area contributed by atoms with Crippen molar-refractivity contribution in [1.82, 2.24) is 14.5 Å². The van der Waals surface area contributed by atoms with Gasteiger partial charge in [0, 0.05) is 37.1 Å². The van der Waals surface area contributed by atoms with E-state index >= 15 is 4.39 Å². The molecule has 1 saturated carbocycles. The summed E-state index contributed by atoms with van der Waals surface area (Å²) in [7, 11) is 3.09. The van der Waals surface area contributed by atoms with Crippen molar-refractivity contribution in [1.29, 1.82) is 0 Å². The largest absolute Gasteiger partial charge is 0.345 e. The topological polar surface area (TPSA) is 55.2 Å². The number of rotatable bonds is 6. The highest BCUT2D eigenvalue weighted by molar-refractivity contribution is 6.31. The Kier molecular flexibility index (Phi) is 7.31. The maximum atomic E-state index is 15.4. The number of hydrogen-bond donors (Lipinski definition) is 0. The van der Waals surface area contributed by atoms with E-state index in [1.807, 2.05) is 12.1 Å². The summed E-state index contributed by atoms with van der Waals surface area (Å²) in [5.74, 6) is -1.22. The average Bonchev–Trinajstić information content (AvgIpc) is 3.72. The lowest BCUT2D eigenvalue weighted by Gasteiger charge is -2.17. The predicted molar refractivity (Wildman–Crippen MR) is 149 cm³/mol. The van der Waals surface area contributed by atoms with Gasteiger partial charge >= 0.3 is 0 Å². The van der Waals surface area contributed by atoms with Crippen molar-refractivity contribution < 1.29 is 18.0 Å². The summed E-state index contributed by atoms with van der Waals surface area (Å²) < 4.78 is 43.3. The number of nitrogens with zero attached hydrogens (tertiary/aromatic N) is 3. The summed E-state index contributed by atoms with van der Waals surface area (Å²) in [6.07, 6.45) is -0.301. The van der Waals surface area contributed by atoms with Crippen LogP contribution in [0.15, 0.2) is 65.6 Å². The summed E-state index contributed by atoms with van der Waals surface area (Å²) in [6, 6.07) is 14.3. The lowest BCUT2D eigenvalue weighted by Crippen LogP contribution is -2.23. The van der Waals surface area contributed by atoms with Crippen LogP contribution < -0.4 is 5.56 Å². The predicted octanol–water partition coefficient (Wildman–Crippen LogP) is 7.22. The molecule has 5 rings (SSSR count). The van der Waals surface area contributed by atoms with Gasteiger partial charge in [0.1, 0.15) is 10.8 Å². The number of benzene rings is 2. The molecule has 0 radical (unpaired) electrons. The molecule has 0 unspecified atom stereocenters. The van der Waals surface area contributed by atoms with Gasteiger partial charge < -0.3 is 4.90 Å². The molecule has 0 aliphatic heterocycles. The fourth-order valence-corrected chi connectivity index (χ4v) is 5.45. The van der Waals surface area contributed by atoms with E-state index < -0.39 is 23.7 Å². The third-order valence-corrected chi connectivity index (χ3v) is 7.75. The Morgan fingerprint density at radius 3 is 2.50 bits per heavy atom. The van der Waals surface area contributed by atoms with E-state index in [1.165, 1.54) is 33.7 Å². The monoisotopic (exact) mass is 565 g/mol. The molecule has 0 saturated heterocycles. The molecular weight excluding hydrogens is 539 g/mol. The number of aryl methyl sites for hydroxylation is 2. The zero-order chi connectivity index (χ0) is 28.9. The van der Waals surface area contributed by atoms with Crippen LogP contribution in [0, 0.1) is 19.7 Å². The molecule has 206 valence electrons. The second kappa shape index (κ2) is 10.6. The minimum Gasteiger partial charge on any atom is -0.345 e. The average molecular weight is 566 g/mol. The highest BCUT2D eigenvalue weighted by Gasteiger charge is 2.41. The first kappa shape index (κ1) is 27.6. The summed E-state index contributed by atoms with van der Waals surface area (Å²) in [5, 5.41) is 0.0608. The minimum atomic E-state index is -2.55. The molecule has 2 aromatic carbocycles. The first-order valence-electron chi connectivity index (χ1n) is 12.8. The fraction of sp³-hybridized carbons (Fsp3) is 0.258. The van der Waals surface area contributed by atoms with Crippen molar-refractivity contribution in [3.05, 3.63) is 115 Å². The molecule has 0 bridgehead atoms. The Labute approximate surface area is 234 Å². The third kappa shape index (κ3) is 4.92. The lowest BCUT2D eigenvalue weighted by atomic mass is 10.0. The van der Waals surface area contributed by atoms with E-state index in [1.54, 1.807) is 52.3 Å². The number of pyridine rings is 2. The molecule has 5 nitrogen and oxygen atoms in total. The van der Waals surface area contributed by atoms with Gasteiger partial charge in [-0.15, -0.1) is 0 Å². The number of carbonyl (C=O) groups excluding carboxylic acids is 1. The molecule has 2 atom stereocenters. The van der Waals surface area contributed by atoms with Crippen LogP contribution in [0.3, 0.4) is 0 Å². The Morgan fingerprint density at radius 2 is 1.80 bits per heavy atom. The van der Waals surface area contributed by atoms with Gasteiger partial charge in [0.15, 0.2) is 0 Å². The quantitative estimate of drug-likeness (QED) is 0.248. The van der Waals surface area contributed by atoms with Crippen molar-refractivity contribution in [3.8, 4) is 16.9 Å². The van der Waals surface area contributed by atoms with Crippen LogP contribution in [0.2, 0.25) is 5.02 Å². The fourth-order valence-electron chi connectivity index (χ4n) is 5.17. The van der Waals surface area contributed by atoms with Crippen molar-refractivity contribution in [2.45, 2.75) is 38.5 Å². The molecule has 0 N–H and O–H groups in total. The summed E-state index contributed by atoms with van der Waals surface area (Å²) >= 11 is 6.64. The van der Waals surface area contributed by atoms with E-state index in [0.29, 0.717) is 28.9 Å². The first-order valence-corrected chi connectivity index (χ1v) is 13.1. The number of hydrogen-bond acceptors (Lipinski definition) is 3. The third-order valence-electron chi connectivity index (χ3n) is 7.37. The highest BCUT2D eigenvalue weighted by atomic mass is 35.5. The normalized spacial score (nSPS) is 16.3. The SMILES string of the molecule is Cc1cnc(-c2cccc(C(=O)N(C)C)c2F)cc1-n1c(C)cc([C@H]2C[C@@H]2c2cccc(C(F)F)c2)c(Cl)c1=O. The summed E-state index contributed by atoms with van der Waals surface area (Å²) in [6.45, 7) is 3.57. The zero-order valence-electron chi connectivity index (χ0n) is 22.4. The van der Waals surface area contributed by atoms with Crippen LogP contribution in [0.25, 0.3) is 16.9 Å². The van der Waals surface area contributed by atoms with Crippen LogP contribution in [-0.4, -0.2) is 34.5 Å². The van der Waals surface area contributed by atoms with Crippen LogP contribution in [0.1, 0.15) is 63.0 Å². The van der Waals surface area contributed by atoms with Gasteiger partial charge in [-0.3, -0.25) is 19.1 Å². The molecule has 1 fully saturated rings. The van der Waals surface area contributed by atoms with Gasteiger partial charge in [-0.25, -0.2) is 13.2 Å². The van der Waals surface area contributed by atoms with E-state index in [4.69, 9.17) is 11.6 Å². The van der Waals surface area contributed by atoms with E-state index in [-0.39, 0.29) is 39.2 Å². The molecular formula is C31H27ClF3N3O2. The molecule has 40 heavy (non-hydrogen) atoms. The number of alkyl halides is 2. The van der Waals surface area contributed by atoms with E-state index in [2.05, 4.69) is 4.98 Å². The molecule has 1 aliphatic rings. The maximum absolute atomic E-state index is 15.4. The Hall–Kier alpha value is -3.91. The second-order valence-corrected chi connectivity index (χ2v) is 10.7. The standard InChI is InChI=1S/C31H27ClF3N3O2/c1-16-15-36-25(20-9-6-10-21(28(20)33)30(39)37(3)4)14-26(16)38-17(2)11-24(27(32)31(38)40)23-13-22(23)18-7-5-8-19(12-18)29(34)35/h5-12,14-15,22-23,29H,13H2,1-4H3/t22-,23+/m1/s1. The summed E-state index contributed by atoms with van der Waals surface area (Å²) in [4.78, 5) is 31.7. The minimum absolute atomic E-state index is 0.000224. The number of halogens is 4. The second-order valence-electron chi connectivity index (χ2n) is 10.3. The molecule has 0 spiro atoms. The van der Waals surface area contributed by atoms with Crippen molar-refractivity contribution in [2.24, 2.45) is 0 Å². The van der Waals surface area contributed by atoms with Gasteiger partial charge in [0.25, 0.3) is 17.9 Å². The molecule has 2 heterocycles. The highest BCUT2D eigenvalue weighted by Crippen LogP contribution is 2.56. The van der Waals surface area contributed by atoms with Crippen LogP contribution in [0.4, 0.5) is 13.2 Å². The molecule has 1 aliphatic carbocycles. The smallest absolute Gasteiger partial charge is 0.274 e. The van der Waals surface area contributed by atoms with Crippen LogP contribution >= 0.6 is 11.6 Å². The van der Waals surface area contributed by atoms with Crippen LogP contribution in [-0.2, 0) is 0 Å². The van der Waals surface area contributed by atoms with Crippen molar-refractivity contribution in [2.75, 3.05) is 14.1 Å². The maximum Gasteiger partial charge on any atom is 0.274 e. The molecule has 9 heteroatoms. The van der Waals surface area contributed by atoms with Gasteiger partial charge in [-0.05, 0) is 79.1 Å². The zero-order valence-corrected chi connectivity index (χ0v) is 23.1. The molecule has 4 aromatic rings. The number of aromatic nitrogens is 2. The lowest BCUT2D eigenvalue weighted by molar-refractivity contribution is 0.0823. The van der Waals surface area contributed by atoms with Gasteiger partial charge in [0.2, 0.25) is 0 Å². The van der Waals surface area contributed by atoms with Crippen molar-refractivity contribution in [3.63, 3.8) is 0 Å². The van der Waals surface area contributed by atoms with Crippen LogP contribution in [0.5, 0.6) is 0 Å².